The third kappa shape index (κ3) is 2.45. The van der Waals surface area contributed by atoms with Gasteiger partial charge in [0.1, 0.15) is 17.3 Å². The maximum atomic E-state index is 12.3. The van der Waals surface area contributed by atoms with Gasteiger partial charge in [0.05, 0.1) is 12.2 Å². The molecule has 0 aliphatic rings. The lowest BCUT2D eigenvalue weighted by Crippen LogP contribution is -2.02. The van der Waals surface area contributed by atoms with Crippen molar-refractivity contribution in [2.75, 3.05) is 6.61 Å². The lowest BCUT2D eigenvalue weighted by atomic mass is 10.0. The van der Waals surface area contributed by atoms with Crippen LogP contribution in [0.25, 0.3) is 0 Å². The topological polar surface area (TPSA) is 39.4 Å². The summed E-state index contributed by atoms with van der Waals surface area (Å²) in [6.07, 6.45) is 0. The van der Waals surface area contributed by atoms with Crippen molar-refractivity contribution < 1.29 is 13.9 Å². The molecule has 0 radical (unpaired) electrons. The van der Waals surface area contributed by atoms with Crippen molar-refractivity contribution in [1.29, 1.82) is 0 Å². The van der Waals surface area contributed by atoms with Crippen molar-refractivity contribution in [1.82, 2.24) is 0 Å². The predicted molar refractivity (Wildman–Crippen MR) is 69.2 cm³/mol. The van der Waals surface area contributed by atoms with E-state index >= 15 is 0 Å². The van der Waals surface area contributed by atoms with Gasteiger partial charge in [-0.25, -0.2) is 0 Å². The van der Waals surface area contributed by atoms with Gasteiger partial charge in [-0.2, -0.15) is 0 Å². The molecule has 0 atom stereocenters. The van der Waals surface area contributed by atoms with E-state index in [0.29, 0.717) is 29.2 Å². The van der Waals surface area contributed by atoms with E-state index in [4.69, 9.17) is 9.15 Å². The molecule has 0 bridgehead atoms. The predicted octanol–water partition coefficient (Wildman–Crippen LogP) is 3.53. The number of hydrogen-bond donors (Lipinski definition) is 0. The largest absolute Gasteiger partial charge is 0.494 e. The molecule has 0 aliphatic heterocycles. The highest BCUT2D eigenvalue weighted by Crippen LogP contribution is 2.20. The first kappa shape index (κ1) is 12.4. The molecule has 2 aromatic rings. The molecule has 0 fully saturated rings. The Morgan fingerprint density at radius 1 is 1.28 bits per heavy atom. The van der Waals surface area contributed by atoms with E-state index in [0.717, 1.165) is 5.76 Å². The second-order valence-electron chi connectivity index (χ2n) is 4.12. The maximum absolute atomic E-state index is 12.3. The minimum absolute atomic E-state index is 0.0362. The van der Waals surface area contributed by atoms with Crippen molar-refractivity contribution in [3.8, 4) is 5.75 Å². The van der Waals surface area contributed by atoms with Crippen LogP contribution in [0.5, 0.6) is 5.75 Å². The summed E-state index contributed by atoms with van der Waals surface area (Å²) in [7, 11) is 0. The maximum Gasteiger partial charge on any atom is 0.196 e. The number of rotatable bonds is 4. The van der Waals surface area contributed by atoms with E-state index in [1.54, 1.807) is 25.1 Å². The van der Waals surface area contributed by atoms with Crippen LogP contribution in [-0.2, 0) is 0 Å². The molecule has 0 spiro atoms. The Hall–Kier alpha value is -2.03. The second-order valence-corrected chi connectivity index (χ2v) is 4.12. The zero-order valence-corrected chi connectivity index (χ0v) is 10.8. The normalized spacial score (nSPS) is 10.4. The van der Waals surface area contributed by atoms with E-state index in [1.807, 2.05) is 26.0 Å². The van der Waals surface area contributed by atoms with Crippen LogP contribution < -0.4 is 4.74 Å². The third-order valence-corrected chi connectivity index (χ3v) is 2.69. The summed E-state index contributed by atoms with van der Waals surface area (Å²) in [5, 5.41) is 0. The fraction of sp³-hybridized carbons (Fsp3) is 0.267. The minimum atomic E-state index is -0.0362. The third-order valence-electron chi connectivity index (χ3n) is 2.69. The Labute approximate surface area is 106 Å². The molecule has 3 heteroatoms. The molecule has 18 heavy (non-hydrogen) atoms. The van der Waals surface area contributed by atoms with Crippen LogP contribution in [0, 0.1) is 13.8 Å². The SMILES string of the molecule is CCOc1cccc(C(=O)c2cc(C)oc2C)c1. The Morgan fingerprint density at radius 2 is 2.06 bits per heavy atom. The average molecular weight is 244 g/mol. The van der Waals surface area contributed by atoms with Crippen molar-refractivity contribution in [3.05, 3.63) is 53.0 Å². The van der Waals surface area contributed by atoms with Crippen LogP contribution in [-0.4, -0.2) is 12.4 Å². The Morgan fingerprint density at radius 3 is 2.67 bits per heavy atom. The van der Waals surface area contributed by atoms with Gasteiger partial charge in [-0.3, -0.25) is 4.79 Å². The highest BCUT2D eigenvalue weighted by Gasteiger charge is 2.15. The van der Waals surface area contributed by atoms with Gasteiger partial charge in [0, 0.05) is 5.56 Å². The molecule has 0 aliphatic carbocycles. The zero-order chi connectivity index (χ0) is 13.1. The number of hydrogen-bond acceptors (Lipinski definition) is 3. The van der Waals surface area contributed by atoms with E-state index in [-0.39, 0.29) is 5.78 Å². The lowest BCUT2D eigenvalue weighted by Gasteiger charge is -2.04. The number of ether oxygens (including phenoxy) is 1. The highest BCUT2D eigenvalue weighted by atomic mass is 16.5. The molecule has 1 aromatic carbocycles. The summed E-state index contributed by atoms with van der Waals surface area (Å²) in [6.45, 7) is 6.13. The quantitative estimate of drug-likeness (QED) is 0.772. The van der Waals surface area contributed by atoms with Gasteiger partial charge in [0.15, 0.2) is 5.78 Å². The van der Waals surface area contributed by atoms with Crippen LogP contribution in [0.4, 0.5) is 0 Å². The van der Waals surface area contributed by atoms with Gasteiger partial charge in [-0.15, -0.1) is 0 Å². The molecule has 0 N–H and O–H groups in total. The number of carbonyl (C=O) groups excluding carboxylic acids is 1. The molecule has 3 nitrogen and oxygen atoms in total. The summed E-state index contributed by atoms with van der Waals surface area (Å²) in [6, 6.07) is 8.97. The molecule has 0 saturated heterocycles. The van der Waals surface area contributed by atoms with Crippen LogP contribution in [0.1, 0.15) is 34.4 Å². The Balaban J connectivity index is 2.34. The number of benzene rings is 1. The molecule has 0 saturated carbocycles. The Bertz CT molecular complexity index is 567. The first-order chi connectivity index (χ1) is 8.61. The van der Waals surface area contributed by atoms with Gasteiger partial charge in [-0.05, 0) is 39.0 Å². The van der Waals surface area contributed by atoms with E-state index in [9.17, 15) is 4.79 Å². The summed E-state index contributed by atoms with van der Waals surface area (Å²) < 4.78 is 10.8. The number of aryl methyl sites for hydroxylation is 2. The molecule has 0 unspecified atom stereocenters. The van der Waals surface area contributed by atoms with Crippen molar-refractivity contribution in [2.24, 2.45) is 0 Å². The molecular weight excluding hydrogens is 228 g/mol. The van der Waals surface area contributed by atoms with Gasteiger partial charge < -0.3 is 9.15 Å². The van der Waals surface area contributed by atoms with Crippen LogP contribution >= 0.6 is 0 Å². The van der Waals surface area contributed by atoms with Gasteiger partial charge >= 0.3 is 0 Å². The molecule has 94 valence electrons. The first-order valence-electron chi connectivity index (χ1n) is 5.96. The van der Waals surface area contributed by atoms with Crippen molar-refractivity contribution in [2.45, 2.75) is 20.8 Å². The van der Waals surface area contributed by atoms with Crippen LogP contribution in [0.3, 0.4) is 0 Å². The van der Waals surface area contributed by atoms with E-state index < -0.39 is 0 Å². The smallest absolute Gasteiger partial charge is 0.196 e. The van der Waals surface area contributed by atoms with Crippen LogP contribution in [0.15, 0.2) is 34.7 Å². The van der Waals surface area contributed by atoms with Crippen molar-refractivity contribution in [3.63, 3.8) is 0 Å². The molecule has 1 aromatic heterocycles. The fourth-order valence-electron chi connectivity index (χ4n) is 1.91. The highest BCUT2D eigenvalue weighted by molar-refractivity contribution is 6.09. The fourth-order valence-corrected chi connectivity index (χ4v) is 1.91. The summed E-state index contributed by atoms with van der Waals surface area (Å²) >= 11 is 0. The first-order valence-corrected chi connectivity index (χ1v) is 5.96. The second kappa shape index (κ2) is 5.08. The monoisotopic (exact) mass is 244 g/mol. The number of carbonyl (C=O) groups is 1. The number of furan rings is 1. The molecule has 1 heterocycles. The van der Waals surface area contributed by atoms with Gasteiger partial charge in [-0.1, -0.05) is 12.1 Å². The Kier molecular flexibility index (Phi) is 3.51. The molecule has 2 rings (SSSR count). The average Bonchev–Trinajstić information content (AvgIpc) is 2.68. The van der Waals surface area contributed by atoms with E-state index in [2.05, 4.69) is 0 Å². The summed E-state index contributed by atoms with van der Waals surface area (Å²) in [5.74, 6) is 2.07. The lowest BCUT2D eigenvalue weighted by molar-refractivity contribution is 0.103. The van der Waals surface area contributed by atoms with Gasteiger partial charge in [0.2, 0.25) is 0 Å². The van der Waals surface area contributed by atoms with Crippen molar-refractivity contribution >= 4 is 5.78 Å². The molecule has 0 amide bonds. The zero-order valence-electron chi connectivity index (χ0n) is 10.8. The van der Waals surface area contributed by atoms with Crippen LogP contribution in [0.2, 0.25) is 0 Å². The summed E-state index contributed by atoms with van der Waals surface area (Å²) in [4.78, 5) is 12.3. The number of ketones is 1. The summed E-state index contributed by atoms with van der Waals surface area (Å²) in [5.41, 5.74) is 1.23. The van der Waals surface area contributed by atoms with Gasteiger partial charge in [0.25, 0.3) is 0 Å². The molecular formula is C15H16O3. The standard InChI is InChI=1S/C15H16O3/c1-4-17-13-7-5-6-12(9-13)15(16)14-8-10(2)18-11(14)3/h5-9H,4H2,1-3H3. The minimum Gasteiger partial charge on any atom is -0.494 e. The van der Waals surface area contributed by atoms with E-state index in [1.165, 1.54) is 0 Å².